The largest absolute Gasteiger partial charge is 0.378 e. The molecule has 0 saturated carbocycles. The molecule has 0 radical (unpaired) electrons. The summed E-state index contributed by atoms with van der Waals surface area (Å²) in [6.07, 6.45) is 4.77. The molecule has 3 N–H and O–H groups in total. The van der Waals surface area contributed by atoms with E-state index in [4.69, 9.17) is 10.1 Å². The van der Waals surface area contributed by atoms with Crippen LogP contribution in [0.2, 0.25) is 0 Å². The number of rotatable bonds is 6. The van der Waals surface area contributed by atoms with Crippen molar-refractivity contribution in [1.82, 2.24) is 25.5 Å². The van der Waals surface area contributed by atoms with Gasteiger partial charge >= 0.3 is 0 Å². The van der Waals surface area contributed by atoms with Gasteiger partial charge in [-0.1, -0.05) is 6.58 Å². The van der Waals surface area contributed by atoms with Crippen molar-refractivity contribution in [2.45, 2.75) is 6.92 Å². The molecule has 11 heteroatoms. The number of nitrogens with one attached hydrogen (secondary N) is 3. The minimum atomic E-state index is -0.713. The van der Waals surface area contributed by atoms with Gasteiger partial charge in [-0.05, 0) is 55.0 Å². The minimum absolute atomic E-state index is 0.00170. The molecule has 1 aliphatic heterocycles. The number of hydrazone groups is 1. The molecule has 3 aromatic rings. The number of anilines is 2. The van der Waals surface area contributed by atoms with Crippen LogP contribution in [0.3, 0.4) is 0 Å². The van der Waals surface area contributed by atoms with Crippen molar-refractivity contribution < 1.29 is 9.13 Å². The maximum Gasteiger partial charge on any atom is 0.238 e. The number of aryl methyl sites for hydroxylation is 1. The summed E-state index contributed by atoms with van der Waals surface area (Å²) >= 11 is 0. The van der Waals surface area contributed by atoms with Gasteiger partial charge in [-0.3, -0.25) is 10.4 Å². The number of aliphatic imine (C=N–C) groups is 1. The number of guanidine groups is 1. The monoisotopic (exact) mass is 487 g/mol. The Balaban J connectivity index is 1.36. The average Bonchev–Trinajstić information content (AvgIpc) is 2.89. The summed E-state index contributed by atoms with van der Waals surface area (Å²) in [6, 6.07) is 13.5. The number of hydrogen-bond donors (Lipinski definition) is 3. The molecule has 1 saturated heterocycles. The van der Waals surface area contributed by atoms with Crippen molar-refractivity contribution >= 4 is 29.4 Å². The Kier molecular flexibility index (Phi) is 8.04. The van der Waals surface area contributed by atoms with E-state index in [9.17, 15) is 4.39 Å². The lowest BCUT2D eigenvalue weighted by Crippen LogP contribution is -2.41. The van der Waals surface area contributed by atoms with Crippen LogP contribution in [-0.4, -0.2) is 64.4 Å². The maximum absolute atomic E-state index is 13.8. The van der Waals surface area contributed by atoms with E-state index in [1.807, 2.05) is 37.3 Å². The maximum atomic E-state index is 13.8. The number of benzene rings is 1. The molecule has 0 spiro atoms. The molecule has 36 heavy (non-hydrogen) atoms. The fourth-order valence-electron chi connectivity index (χ4n) is 3.55. The topological polar surface area (TPSA) is 124 Å². The standard InChI is InChI=1S/C25H26FN9O/c1-17-12-19(23-4-3-7-29-33-23)14-22(13-17)31-21-6-5-20(28-15-21)16-30-34-25(27)32-24(18(2)26)35-8-10-36-11-9-35/h3-7,12-16,31H,2,8-11H2,1H3,(H2,27,34)/b30-16+,32-24+. The van der Waals surface area contributed by atoms with Gasteiger partial charge in [0.05, 0.1) is 42.7 Å². The van der Waals surface area contributed by atoms with E-state index >= 15 is 0 Å². The second-order valence-corrected chi connectivity index (χ2v) is 7.95. The second-order valence-electron chi connectivity index (χ2n) is 7.95. The molecule has 1 fully saturated rings. The summed E-state index contributed by atoms with van der Waals surface area (Å²) < 4.78 is 19.1. The molecular formula is C25H26FN9O. The fourth-order valence-corrected chi connectivity index (χ4v) is 3.55. The van der Waals surface area contributed by atoms with E-state index in [1.54, 1.807) is 23.4 Å². The summed E-state index contributed by atoms with van der Waals surface area (Å²) in [6.45, 7) is 7.22. The van der Waals surface area contributed by atoms with Crippen LogP contribution in [0.15, 0.2) is 77.4 Å². The van der Waals surface area contributed by atoms with Crippen molar-refractivity contribution in [2.75, 3.05) is 31.6 Å². The molecular weight excluding hydrogens is 461 g/mol. The van der Waals surface area contributed by atoms with Gasteiger partial charge in [0.25, 0.3) is 0 Å². The highest BCUT2D eigenvalue weighted by molar-refractivity contribution is 6.03. The highest BCUT2D eigenvalue weighted by Gasteiger charge is 2.18. The van der Waals surface area contributed by atoms with Crippen molar-refractivity contribution in [2.24, 2.45) is 10.1 Å². The van der Waals surface area contributed by atoms with Crippen molar-refractivity contribution in [3.05, 3.63) is 78.5 Å². The van der Waals surface area contributed by atoms with Crippen LogP contribution in [0.1, 0.15) is 11.3 Å². The molecule has 4 rings (SSSR count). The van der Waals surface area contributed by atoms with Crippen LogP contribution in [0.25, 0.3) is 11.3 Å². The molecule has 10 nitrogen and oxygen atoms in total. The third-order valence-electron chi connectivity index (χ3n) is 5.16. The van der Waals surface area contributed by atoms with Gasteiger partial charge in [0.2, 0.25) is 5.96 Å². The van der Waals surface area contributed by atoms with Crippen LogP contribution < -0.4 is 10.7 Å². The molecule has 0 amide bonds. The lowest BCUT2D eigenvalue weighted by molar-refractivity contribution is 0.0678. The Morgan fingerprint density at radius 3 is 2.72 bits per heavy atom. The third-order valence-corrected chi connectivity index (χ3v) is 5.16. The number of halogens is 1. The predicted molar refractivity (Wildman–Crippen MR) is 138 cm³/mol. The number of morpholine rings is 1. The quantitative estimate of drug-likeness (QED) is 0.275. The third kappa shape index (κ3) is 6.76. The first-order valence-electron chi connectivity index (χ1n) is 11.2. The smallest absolute Gasteiger partial charge is 0.238 e. The average molecular weight is 488 g/mol. The Hall–Kier alpha value is -4.51. The molecule has 0 atom stereocenters. The minimum Gasteiger partial charge on any atom is -0.378 e. The molecule has 1 aromatic carbocycles. The Morgan fingerprint density at radius 1 is 1.19 bits per heavy atom. The Bertz CT molecular complexity index is 1270. The Labute approximate surface area is 208 Å². The normalized spacial score (nSPS) is 14.1. The summed E-state index contributed by atoms with van der Waals surface area (Å²) in [4.78, 5) is 10.0. The van der Waals surface area contributed by atoms with Crippen LogP contribution in [0, 0.1) is 12.3 Å². The number of ether oxygens (including phenoxy) is 1. The molecule has 184 valence electrons. The van der Waals surface area contributed by atoms with E-state index in [-0.39, 0.29) is 11.8 Å². The second kappa shape index (κ2) is 11.8. The zero-order valence-corrected chi connectivity index (χ0v) is 19.8. The lowest BCUT2D eigenvalue weighted by atomic mass is 10.1. The van der Waals surface area contributed by atoms with E-state index in [1.165, 1.54) is 6.21 Å². The van der Waals surface area contributed by atoms with Gasteiger partial charge in [0.15, 0.2) is 11.7 Å². The molecule has 3 heterocycles. The van der Waals surface area contributed by atoms with Gasteiger partial charge in [-0.2, -0.15) is 20.3 Å². The van der Waals surface area contributed by atoms with E-state index in [2.05, 4.69) is 48.7 Å². The number of pyridine rings is 1. The molecule has 0 bridgehead atoms. The molecule has 0 unspecified atom stereocenters. The SMILES string of the molecule is C=C(F)/C(=N\C(=N)N/N=C/c1ccc(Nc2cc(C)cc(-c3cccnn3)c2)cn1)N1CCOCC1. The fraction of sp³-hybridized carbons (Fsp3) is 0.200. The van der Waals surface area contributed by atoms with E-state index in [0.29, 0.717) is 32.0 Å². The molecule has 2 aromatic heterocycles. The summed E-state index contributed by atoms with van der Waals surface area (Å²) in [5, 5.41) is 23.4. The summed E-state index contributed by atoms with van der Waals surface area (Å²) in [5.74, 6) is -1.03. The first-order valence-corrected chi connectivity index (χ1v) is 11.2. The predicted octanol–water partition coefficient (Wildman–Crippen LogP) is 3.66. The molecule has 0 aliphatic carbocycles. The number of hydrogen-bond acceptors (Lipinski definition) is 7. The first kappa shape index (κ1) is 24.6. The molecule has 1 aliphatic rings. The van der Waals surface area contributed by atoms with Crippen molar-refractivity contribution in [1.29, 1.82) is 5.41 Å². The van der Waals surface area contributed by atoms with Gasteiger partial charge in [-0.15, -0.1) is 0 Å². The van der Waals surface area contributed by atoms with Crippen LogP contribution in [-0.2, 0) is 4.74 Å². The number of amidine groups is 1. The van der Waals surface area contributed by atoms with Gasteiger partial charge < -0.3 is 15.0 Å². The van der Waals surface area contributed by atoms with Gasteiger partial charge in [0, 0.05) is 30.5 Å². The van der Waals surface area contributed by atoms with Crippen LogP contribution >= 0.6 is 0 Å². The van der Waals surface area contributed by atoms with E-state index < -0.39 is 5.83 Å². The van der Waals surface area contributed by atoms with Gasteiger partial charge in [0.1, 0.15) is 0 Å². The van der Waals surface area contributed by atoms with Crippen LogP contribution in [0.4, 0.5) is 15.8 Å². The lowest BCUT2D eigenvalue weighted by Gasteiger charge is -2.28. The van der Waals surface area contributed by atoms with Crippen molar-refractivity contribution in [3.63, 3.8) is 0 Å². The van der Waals surface area contributed by atoms with Crippen molar-refractivity contribution in [3.8, 4) is 11.3 Å². The number of aromatic nitrogens is 3. The van der Waals surface area contributed by atoms with E-state index in [0.717, 1.165) is 28.2 Å². The number of nitrogens with zero attached hydrogens (tertiary/aromatic N) is 6. The zero-order chi connectivity index (χ0) is 25.3. The first-order chi connectivity index (χ1) is 17.5. The van der Waals surface area contributed by atoms with Gasteiger partial charge in [-0.25, -0.2) is 9.82 Å². The Morgan fingerprint density at radius 2 is 2.03 bits per heavy atom. The highest BCUT2D eigenvalue weighted by Crippen LogP contribution is 2.25. The van der Waals surface area contributed by atoms with Crippen LogP contribution in [0.5, 0.6) is 0 Å². The summed E-state index contributed by atoms with van der Waals surface area (Å²) in [5.41, 5.74) is 7.58. The summed E-state index contributed by atoms with van der Waals surface area (Å²) in [7, 11) is 0. The zero-order valence-electron chi connectivity index (χ0n) is 19.8. The highest BCUT2D eigenvalue weighted by atomic mass is 19.1.